The van der Waals surface area contributed by atoms with Gasteiger partial charge in [-0.2, -0.15) is 0 Å². The average molecular weight is 264 g/mol. The Kier molecular flexibility index (Phi) is 5.51. The first kappa shape index (κ1) is 15.2. The van der Waals surface area contributed by atoms with Gasteiger partial charge in [-0.25, -0.2) is 4.79 Å². The summed E-state index contributed by atoms with van der Waals surface area (Å²) in [4.78, 5) is 22.9. The molecule has 0 radical (unpaired) electrons. The zero-order valence-electron chi connectivity index (χ0n) is 11.2. The van der Waals surface area contributed by atoms with Crippen molar-refractivity contribution in [3.63, 3.8) is 0 Å². The molecule has 5 nitrogen and oxygen atoms in total. The fraction of sp³-hybridized carbons (Fsp3) is 0.429. The molecular weight excluding hydrogens is 244 g/mol. The van der Waals surface area contributed by atoms with Gasteiger partial charge < -0.3 is 16.2 Å². The monoisotopic (exact) mass is 264 g/mol. The number of rotatable bonds is 6. The largest absolute Gasteiger partial charge is 0.480 e. The van der Waals surface area contributed by atoms with Crippen molar-refractivity contribution in [3.05, 3.63) is 35.4 Å². The van der Waals surface area contributed by atoms with Crippen LogP contribution in [-0.4, -0.2) is 23.0 Å². The van der Waals surface area contributed by atoms with Gasteiger partial charge in [0.1, 0.15) is 6.04 Å². The Hall–Kier alpha value is -1.88. The van der Waals surface area contributed by atoms with Crippen LogP contribution in [0.25, 0.3) is 0 Å². The van der Waals surface area contributed by atoms with Crippen LogP contribution in [0.5, 0.6) is 0 Å². The summed E-state index contributed by atoms with van der Waals surface area (Å²) in [5.74, 6) is -1.48. The van der Waals surface area contributed by atoms with Crippen molar-refractivity contribution < 1.29 is 14.7 Å². The number of nitrogens with two attached hydrogens (primary N) is 1. The van der Waals surface area contributed by atoms with E-state index in [0.717, 1.165) is 11.1 Å². The minimum absolute atomic E-state index is 0.143. The van der Waals surface area contributed by atoms with Crippen LogP contribution in [0.15, 0.2) is 24.3 Å². The molecule has 19 heavy (non-hydrogen) atoms. The van der Waals surface area contributed by atoms with Gasteiger partial charge in [0.25, 0.3) is 0 Å². The molecule has 1 amide bonds. The van der Waals surface area contributed by atoms with E-state index in [2.05, 4.69) is 5.32 Å². The summed E-state index contributed by atoms with van der Waals surface area (Å²) in [5, 5.41) is 11.6. The number of hydrogen-bond acceptors (Lipinski definition) is 3. The molecule has 5 heteroatoms. The van der Waals surface area contributed by atoms with Gasteiger partial charge in [0.05, 0.1) is 6.42 Å². The predicted octanol–water partition coefficient (Wildman–Crippen LogP) is 0.913. The molecule has 4 N–H and O–H groups in total. The van der Waals surface area contributed by atoms with Crippen LogP contribution in [0, 0.1) is 5.92 Å². The minimum Gasteiger partial charge on any atom is -0.480 e. The molecule has 1 aromatic carbocycles. The number of carbonyl (C=O) groups is 2. The van der Waals surface area contributed by atoms with Crippen molar-refractivity contribution in [1.29, 1.82) is 0 Å². The molecule has 1 unspecified atom stereocenters. The number of carbonyl (C=O) groups excluding carboxylic acids is 1. The zero-order chi connectivity index (χ0) is 14.4. The second-order valence-electron chi connectivity index (χ2n) is 4.78. The molecule has 1 aromatic rings. The Morgan fingerprint density at radius 3 is 2.32 bits per heavy atom. The normalized spacial score (nSPS) is 12.2. The first-order chi connectivity index (χ1) is 8.95. The molecule has 0 saturated carbocycles. The lowest BCUT2D eigenvalue weighted by atomic mass is 10.0. The molecule has 0 saturated heterocycles. The van der Waals surface area contributed by atoms with Crippen LogP contribution in [-0.2, 0) is 22.6 Å². The zero-order valence-corrected chi connectivity index (χ0v) is 11.2. The minimum atomic E-state index is -1.02. The Labute approximate surface area is 112 Å². The van der Waals surface area contributed by atoms with E-state index in [9.17, 15) is 9.59 Å². The quantitative estimate of drug-likeness (QED) is 0.712. The maximum absolute atomic E-state index is 11.9. The van der Waals surface area contributed by atoms with Crippen molar-refractivity contribution in [2.75, 3.05) is 0 Å². The highest BCUT2D eigenvalue weighted by molar-refractivity contribution is 5.85. The Morgan fingerprint density at radius 1 is 1.26 bits per heavy atom. The van der Waals surface area contributed by atoms with Gasteiger partial charge in [0.2, 0.25) is 5.91 Å². The second-order valence-corrected chi connectivity index (χ2v) is 4.78. The van der Waals surface area contributed by atoms with Crippen molar-refractivity contribution >= 4 is 11.9 Å². The predicted molar refractivity (Wildman–Crippen MR) is 72.4 cm³/mol. The number of amides is 1. The first-order valence-electron chi connectivity index (χ1n) is 6.24. The van der Waals surface area contributed by atoms with Crippen molar-refractivity contribution in [2.45, 2.75) is 32.9 Å². The van der Waals surface area contributed by atoms with Crippen molar-refractivity contribution in [3.8, 4) is 0 Å². The lowest BCUT2D eigenvalue weighted by molar-refractivity contribution is -0.143. The van der Waals surface area contributed by atoms with Crippen LogP contribution in [0.1, 0.15) is 25.0 Å². The van der Waals surface area contributed by atoms with Gasteiger partial charge in [-0.15, -0.1) is 0 Å². The van der Waals surface area contributed by atoms with Gasteiger partial charge in [-0.1, -0.05) is 38.1 Å². The molecule has 0 spiro atoms. The van der Waals surface area contributed by atoms with E-state index in [-0.39, 0.29) is 18.2 Å². The van der Waals surface area contributed by atoms with E-state index >= 15 is 0 Å². The molecule has 0 fully saturated rings. The van der Waals surface area contributed by atoms with E-state index in [1.54, 1.807) is 13.8 Å². The van der Waals surface area contributed by atoms with Gasteiger partial charge in [-0.05, 0) is 17.0 Å². The Morgan fingerprint density at radius 2 is 1.84 bits per heavy atom. The fourth-order valence-corrected chi connectivity index (χ4v) is 1.84. The molecule has 104 valence electrons. The summed E-state index contributed by atoms with van der Waals surface area (Å²) >= 11 is 0. The number of aliphatic carboxylic acids is 1. The lowest BCUT2D eigenvalue weighted by Crippen LogP contribution is -2.45. The van der Waals surface area contributed by atoms with Crippen LogP contribution < -0.4 is 11.1 Å². The van der Waals surface area contributed by atoms with Gasteiger partial charge in [0.15, 0.2) is 0 Å². The van der Waals surface area contributed by atoms with Gasteiger partial charge in [-0.3, -0.25) is 4.79 Å². The summed E-state index contributed by atoms with van der Waals surface area (Å²) < 4.78 is 0. The molecule has 0 heterocycles. The third-order valence-corrected chi connectivity index (χ3v) is 2.94. The summed E-state index contributed by atoms with van der Waals surface area (Å²) in [6.45, 7) is 3.87. The van der Waals surface area contributed by atoms with Gasteiger partial charge in [0, 0.05) is 6.54 Å². The van der Waals surface area contributed by atoms with Crippen molar-refractivity contribution in [2.24, 2.45) is 11.7 Å². The molecule has 0 bridgehead atoms. The van der Waals surface area contributed by atoms with Crippen LogP contribution in [0.3, 0.4) is 0 Å². The standard InChI is InChI=1S/C14H20N2O3/c1-9(2)13(14(18)19)16-12(17)7-10-5-3-4-6-11(10)8-15/h3-6,9,13H,7-8,15H2,1-2H3,(H,16,17)(H,18,19). The summed E-state index contributed by atoms with van der Waals surface area (Å²) in [7, 11) is 0. The van der Waals surface area contributed by atoms with E-state index in [1.807, 2.05) is 24.3 Å². The molecule has 0 aliphatic heterocycles. The van der Waals surface area contributed by atoms with Gasteiger partial charge >= 0.3 is 5.97 Å². The highest BCUT2D eigenvalue weighted by Crippen LogP contribution is 2.09. The van der Waals surface area contributed by atoms with Crippen LogP contribution >= 0.6 is 0 Å². The van der Waals surface area contributed by atoms with Crippen molar-refractivity contribution in [1.82, 2.24) is 5.32 Å². The lowest BCUT2D eigenvalue weighted by Gasteiger charge is -2.18. The van der Waals surface area contributed by atoms with E-state index in [4.69, 9.17) is 10.8 Å². The first-order valence-corrected chi connectivity index (χ1v) is 6.24. The Bertz CT molecular complexity index is 458. The third kappa shape index (κ3) is 4.37. The number of carboxylic acid groups (broad SMARTS) is 1. The SMILES string of the molecule is CC(C)C(NC(=O)Cc1ccccc1CN)C(=O)O. The highest BCUT2D eigenvalue weighted by Gasteiger charge is 2.23. The van der Waals surface area contributed by atoms with E-state index < -0.39 is 12.0 Å². The molecule has 0 aromatic heterocycles. The summed E-state index contributed by atoms with van der Waals surface area (Å²) in [6, 6.07) is 6.51. The molecular formula is C14H20N2O3. The second kappa shape index (κ2) is 6.89. The van der Waals surface area contributed by atoms with E-state index in [0.29, 0.717) is 6.54 Å². The molecule has 1 atom stereocenters. The third-order valence-electron chi connectivity index (χ3n) is 2.94. The smallest absolute Gasteiger partial charge is 0.326 e. The number of carboxylic acids is 1. The highest BCUT2D eigenvalue weighted by atomic mass is 16.4. The Balaban J connectivity index is 2.72. The number of hydrogen-bond donors (Lipinski definition) is 3. The number of nitrogens with one attached hydrogen (secondary N) is 1. The van der Waals surface area contributed by atoms with Crippen LogP contribution in [0.2, 0.25) is 0 Å². The summed E-state index contributed by atoms with van der Waals surface area (Å²) in [5.41, 5.74) is 7.32. The molecule has 1 rings (SSSR count). The number of benzene rings is 1. The molecule has 0 aliphatic carbocycles. The summed E-state index contributed by atoms with van der Waals surface area (Å²) in [6.07, 6.45) is 0.143. The van der Waals surface area contributed by atoms with Crippen LogP contribution in [0.4, 0.5) is 0 Å². The average Bonchev–Trinajstić information content (AvgIpc) is 2.36. The van der Waals surface area contributed by atoms with E-state index in [1.165, 1.54) is 0 Å². The fourth-order valence-electron chi connectivity index (χ4n) is 1.84. The topological polar surface area (TPSA) is 92.4 Å². The maximum atomic E-state index is 11.9. The maximum Gasteiger partial charge on any atom is 0.326 e. The molecule has 0 aliphatic rings.